The molecule has 1 atom stereocenters. The van der Waals surface area contributed by atoms with Crippen LogP contribution < -0.4 is 5.73 Å². The van der Waals surface area contributed by atoms with Crippen LogP contribution in [0.25, 0.3) is 0 Å². The van der Waals surface area contributed by atoms with Crippen LogP contribution in [-0.2, 0) is 15.2 Å². The van der Waals surface area contributed by atoms with Gasteiger partial charge in [0.15, 0.2) is 0 Å². The molecule has 1 amide bonds. The van der Waals surface area contributed by atoms with E-state index in [0.29, 0.717) is 0 Å². The first-order chi connectivity index (χ1) is 7.30. The van der Waals surface area contributed by atoms with Crippen LogP contribution in [0.15, 0.2) is 18.2 Å². The first-order valence-electron chi connectivity index (χ1n) is 4.01. The van der Waals surface area contributed by atoms with Gasteiger partial charge in [-0.15, -0.1) is 0 Å². The highest BCUT2D eigenvalue weighted by molar-refractivity contribution is 6.35. The average molecular weight is 264 g/mol. The lowest BCUT2D eigenvalue weighted by molar-refractivity contribution is -0.166. The Morgan fingerprint density at radius 1 is 1.31 bits per heavy atom. The topological polar surface area (TPSA) is 101 Å². The summed E-state index contributed by atoms with van der Waals surface area (Å²) in [7, 11) is 0. The highest BCUT2D eigenvalue weighted by Crippen LogP contribution is 2.30. The van der Waals surface area contributed by atoms with Crippen LogP contribution in [-0.4, -0.2) is 22.1 Å². The van der Waals surface area contributed by atoms with E-state index in [1.165, 1.54) is 12.1 Å². The van der Waals surface area contributed by atoms with Gasteiger partial charge in [-0.25, -0.2) is 4.79 Å². The molecule has 1 aromatic carbocycles. The number of amides is 1. The highest BCUT2D eigenvalue weighted by atomic mass is 35.5. The first-order valence-corrected chi connectivity index (χ1v) is 4.77. The zero-order valence-corrected chi connectivity index (χ0v) is 9.29. The molecule has 0 aliphatic carbocycles. The number of aliphatic carboxylic acids is 1. The maximum atomic E-state index is 11.0. The summed E-state index contributed by atoms with van der Waals surface area (Å²) in [6, 6.07) is 3.62. The molecule has 16 heavy (non-hydrogen) atoms. The van der Waals surface area contributed by atoms with E-state index in [4.69, 9.17) is 34.0 Å². The maximum Gasteiger partial charge on any atom is 0.350 e. The quantitative estimate of drug-likeness (QED) is 0.701. The van der Waals surface area contributed by atoms with E-state index in [1.54, 1.807) is 0 Å². The standard InChI is InChI=1S/C9H7Cl2NO4/c10-4-1-2-5(6(11)3-4)9(16,7(12)13)8(14)15/h1-3,16H,(H2,12,13)(H,14,15). The van der Waals surface area contributed by atoms with Crippen molar-refractivity contribution in [1.29, 1.82) is 0 Å². The number of nitrogens with two attached hydrogens (primary N) is 1. The molecule has 7 heteroatoms. The Hall–Kier alpha value is -1.30. The molecule has 1 aromatic rings. The van der Waals surface area contributed by atoms with Crippen molar-refractivity contribution in [1.82, 2.24) is 0 Å². The van der Waals surface area contributed by atoms with E-state index in [-0.39, 0.29) is 15.6 Å². The third-order valence-electron chi connectivity index (χ3n) is 1.99. The van der Waals surface area contributed by atoms with Crippen LogP contribution >= 0.6 is 23.2 Å². The molecule has 0 heterocycles. The van der Waals surface area contributed by atoms with E-state index in [0.717, 1.165) is 6.07 Å². The second-order valence-electron chi connectivity index (χ2n) is 3.00. The number of carbonyl (C=O) groups is 2. The Morgan fingerprint density at radius 2 is 1.88 bits per heavy atom. The zero-order valence-electron chi connectivity index (χ0n) is 7.78. The SMILES string of the molecule is NC(=O)C(O)(C(=O)O)c1ccc(Cl)cc1Cl. The number of rotatable bonds is 3. The molecule has 5 nitrogen and oxygen atoms in total. The third kappa shape index (κ3) is 1.97. The number of benzene rings is 1. The van der Waals surface area contributed by atoms with Crippen LogP contribution in [0.2, 0.25) is 10.0 Å². The van der Waals surface area contributed by atoms with Crippen molar-refractivity contribution in [2.45, 2.75) is 5.60 Å². The maximum absolute atomic E-state index is 11.0. The van der Waals surface area contributed by atoms with Crippen LogP contribution in [0.1, 0.15) is 5.56 Å². The van der Waals surface area contributed by atoms with Gasteiger partial charge in [-0.1, -0.05) is 29.3 Å². The molecule has 0 aromatic heterocycles. The van der Waals surface area contributed by atoms with E-state index < -0.39 is 17.5 Å². The number of carboxylic acid groups (broad SMARTS) is 1. The molecule has 1 unspecified atom stereocenters. The lowest BCUT2D eigenvalue weighted by Crippen LogP contribution is -2.48. The molecule has 0 bridgehead atoms. The molecule has 0 saturated heterocycles. The molecule has 0 radical (unpaired) electrons. The Labute approximate surface area is 100 Å². The summed E-state index contributed by atoms with van der Waals surface area (Å²) in [6.07, 6.45) is 0. The summed E-state index contributed by atoms with van der Waals surface area (Å²) >= 11 is 11.3. The fourth-order valence-electron chi connectivity index (χ4n) is 1.14. The van der Waals surface area contributed by atoms with Gasteiger partial charge in [0, 0.05) is 15.6 Å². The van der Waals surface area contributed by atoms with Gasteiger partial charge >= 0.3 is 5.97 Å². The molecule has 0 spiro atoms. The Morgan fingerprint density at radius 3 is 2.25 bits per heavy atom. The van der Waals surface area contributed by atoms with Crippen molar-refractivity contribution in [3.8, 4) is 0 Å². The van der Waals surface area contributed by atoms with Gasteiger partial charge in [0.05, 0.1) is 0 Å². The van der Waals surface area contributed by atoms with Gasteiger partial charge in [-0.2, -0.15) is 0 Å². The van der Waals surface area contributed by atoms with Crippen LogP contribution in [0.3, 0.4) is 0 Å². The van der Waals surface area contributed by atoms with Crippen molar-refractivity contribution in [2.75, 3.05) is 0 Å². The summed E-state index contributed by atoms with van der Waals surface area (Å²) in [6.45, 7) is 0. The summed E-state index contributed by atoms with van der Waals surface area (Å²) < 4.78 is 0. The average Bonchev–Trinajstić information content (AvgIpc) is 2.15. The van der Waals surface area contributed by atoms with Crippen molar-refractivity contribution in [2.24, 2.45) is 5.73 Å². The molecule has 0 aliphatic heterocycles. The molecule has 86 valence electrons. The van der Waals surface area contributed by atoms with Gasteiger partial charge in [-0.05, 0) is 12.1 Å². The summed E-state index contributed by atoms with van der Waals surface area (Å²) in [5.41, 5.74) is 1.67. The Balaban J connectivity index is 3.44. The van der Waals surface area contributed by atoms with Gasteiger partial charge < -0.3 is 15.9 Å². The monoisotopic (exact) mass is 263 g/mol. The molecule has 0 saturated carbocycles. The van der Waals surface area contributed by atoms with Gasteiger partial charge in [0.1, 0.15) is 0 Å². The largest absolute Gasteiger partial charge is 0.478 e. The molecule has 0 aliphatic rings. The van der Waals surface area contributed by atoms with Crippen LogP contribution in [0.4, 0.5) is 0 Å². The predicted octanol–water partition coefficient (Wildman–Crippen LogP) is 0.751. The third-order valence-corrected chi connectivity index (χ3v) is 2.53. The first kappa shape index (κ1) is 12.8. The number of hydrogen-bond donors (Lipinski definition) is 3. The van der Waals surface area contributed by atoms with Gasteiger partial charge in [0.2, 0.25) is 0 Å². The minimum Gasteiger partial charge on any atom is -0.478 e. The second kappa shape index (κ2) is 4.29. The summed E-state index contributed by atoms with van der Waals surface area (Å²) in [5, 5.41) is 18.6. The second-order valence-corrected chi connectivity index (χ2v) is 3.85. The summed E-state index contributed by atoms with van der Waals surface area (Å²) in [5.74, 6) is -3.23. The molecule has 0 fully saturated rings. The number of halogens is 2. The smallest absolute Gasteiger partial charge is 0.350 e. The fourth-order valence-corrected chi connectivity index (χ4v) is 1.68. The Kier molecular flexibility index (Phi) is 3.42. The molecular weight excluding hydrogens is 257 g/mol. The van der Waals surface area contributed by atoms with Crippen molar-refractivity contribution in [3.05, 3.63) is 33.8 Å². The van der Waals surface area contributed by atoms with Gasteiger partial charge in [-0.3, -0.25) is 4.79 Å². The van der Waals surface area contributed by atoms with Crippen LogP contribution in [0.5, 0.6) is 0 Å². The number of primary amides is 1. The van der Waals surface area contributed by atoms with Gasteiger partial charge in [0.25, 0.3) is 11.5 Å². The lowest BCUT2D eigenvalue weighted by atomic mass is 9.93. The number of carbonyl (C=O) groups excluding carboxylic acids is 1. The van der Waals surface area contributed by atoms with Crippen molar-refractivity contribution < 1.29 is 19.8 Å². The number of hydrogen-bond acceptors (Lipinski definition) is 3. The lowest BCUT2D eigenvalue weighted by Gasteiger charge is -2.21. The molecule has 1 rings (SSSR count). The van der Waals surface area contributed by atoms with Crippen LogP contribution in [0, 0.1) is 0 Å². The van der Waals surface area contributed by atoms with E-state index >= 15 is 0 Å². The zero-order chi connectivity index (χ0) is 12.5. The minimum absolute atomic E-state index is 0.156. The van der Waals surface area contributed by atoms with E-state index in [2.05, 4.69) is 0 Å². The summed E-state index contributed by atoms with van der Waals surface area (Å²) in [4.78, 5) is 21.9. The minimum atomic E-state index is -2.86. The normalized spacial score (nSPS) is 14.2. The van der Waals surface area contributed by atoms with E-state index in [9.17, 15) is 14.7 Å². The predicted molar refractivity (Wildman–Crippen MR) is 57.2 cm³/mol. The van der Waals surface area contributed by atoms with Crippen molar-refractivity contribution >= 4 is 35.1 Å². The molecular formula is C9H7Cl2NO4. The number of aliphatic hydroxyl groups is 1. The fraction of sp³-hybridized carbons (Fsp3) is 0.111. The molecule has 4 N–H and O–H groups in total. The Bertz CT molecular complexity index is 447. The highest BCUT2D eigenvalue weighted by Gasteiger charge is 2.46. The van der Waals surface area contributed by atoms with E-state index in [1.807, 2.05) is 0 Å². The van der Waals surface area contributed by atoms with Crippen molar-refractivity contribution in [3.63, 3.8) is 0 Å². The number of carboxylic acids is 1.